The van der Waals surface area contributed by atoms with Crippen molar-refractivity contribution in [2.75, 3.05) is 7.11 Å². The van der Waals surface area contributed by atoms with Gasteiger partial charge in [0.15, 0.2) is 0 Å². The van der Waals surface area contributed by atoms with E-state index in [4.69, 9.17) is 19.9 Å². The van der Waals surface area contributed by atoms with E-state index in [0.717, 1.165) is 37.0 Å². The van der Waals surface area contributed by atoms with Crippen LogP contribution in [0.5, 0.6) is 0 Å². The van der Waals surface area contributed by atoms with Crippen molar-refractivity contribution < 1.29 is 48.4 Å². The molecule has 4 fully saturated rings. The van der Waals surface area contributed by atoms with Crippen LogP contribution in [0.1, 0.15) is 59.2 Å². The first-order valence-corrected chi connectivity index (χ1v) is 13.8. The quantitative estimate of drug-likeness (QED) is 0.292. The van der Waals surface area contributed by atoms with Crippen LogP contribution in [0.4, 0.5) is 0 Å². The Bertz CT molecular complexity index is 1190. The van der Waals surface area contributed by atoms with Crippen LogP contribution in [0.25, 0.3) is 0 Å². The average Bonchev–Trinajstić information content (AvgIpc) is 2.98. The molecule has 4 aliphatic rings. The van der Waals surface area contributed by atoms with Crippen LogP contribution in [0.15, 0.2) is 60.7 Å². The SMILES string of the molecule is COC(=O)C(N)C12CC3CC(CC(C3)C1)C2.O=C(OC(C(=O)O)C(OC(=O)c1ccccc1)C(=O)O)c1ccccc1. The van der Waals surface area contributed by atoms with Crippen molar-refractivity contribution in [3.05, 3.63) is 71.8 Å². The first-order chi connectivity index (χ1) is 20.0. The molecular weight excluding hydrogens is 546 g/mol. The van der Waals surface area contributed by atoms with Gasteiger partial charge >= 0.3 is 29.8 Å². The highest BCUT2D eigenvalue weighted by molar-refractivity contribution is 5.95. The number of carbonyl (C=O) groups is 5. The number of aliphatic carboxylic acids is 2. The molecule has 11 nitrogen and oxygen atoms in total. The van der Waals surface area contributed by atoms with E-state index in [1.807, 2.05) is 0 Å². The zero-order valence-electron chi connectivity index (χ0n) is 23.2. The Morgan fingerprint density at radius 1 is 0.714 bits per heavy atom. The molecule has 224 valence electrons. The fourth-order valence-electron chi connectivity index (χ4n) is 6.93. The summed E-state index contributed by atoms with van der Waals surface area (Å²) in [6.45, 7) is 0. The maximum Gasteiger partial charge on any atom is 0.349 e. The Morgan fingerprint density at radius 2 is 1.07 bits per heavy atom. The lowest BCUT2D eigenvalue weighted by molar-refractivity contribution is -0.166. The normalized spacial score (nSPS) is 25.5. The van der Waals surface area contributed by atoms with Crippen LogP contribution in [0.2, 0.25) is 0 Å². The van der Waals surface area contributed by atoms with E-state index in [2.05, 4.69) is 0 Å². The second-order valence-electron chi connectivity index (χ2n) is 11.3. The molecule has 4 saturated carbocycles. The number of hydrogen-bond donors (Lipinski definition) is 3. The third-order valence-electron chi connectivity index (χ3n) is 8.45. The summed E-state index contributed by atoms with van der Waals surface area (Å²) < 4.78 is 14.4. The summed E-state index contributed by atoms with van der Waals surface area (Å²) in [6, 6.07) is 14.5. The standard InChI is InChI=1S/C18H14O8.C13H21NO2/c19-15(20)13(25-17(23)11-7-3-1-4-8-11)14(16(21)22)26-18(24)12-9-5-2-6-10-12;1-16-12(15)11(14)13-5-8-2-9(6-13)4-10(3-8)7-13/h1-10,13-14H,(H,19,20)(H,21,22);8-11H,2-7,14H2,1H3. The Morgan fingerprint density at radius 3 is 1.38 bits per heavy atom. The first-order valence-electron chi connectivity index (χ1n) is 13.8. The minimum absolute atomic E-state index is 0.0253. The van der Waals surface area contributed by atoms with Crippen LogP contribution in [-0.2, 0) is 28.6 Å². The molecule has 3 unspecified atom stereocenters. The van der Waals surface area contributed by atoms with Gasteiger partial charge in [0.05, 0.1) is 18.2 Å². The molecule has 2 aromatic rings. The highest BCUT2D eigenvalue weighted by Gasteiger charge is 2.55. The average molecular weight is 582 g/mol. The number of carbonyl (C=O) groups excluding carboxylic acids is 3. The lowest BCUT2D eigenvalue weighted by Crippen LogP contribution is -2.57. The van der Waals surface area contributed by atoms with Gasteiger partial charge in [0, 0.05) is 0 Å². The van der Waals surface area contributed by atoms with E-state index in [1.165, 1.54) is 74.9 Å². The van der Waals surface area contributed by atoms with Gasteiger partial charge in [-0.05, 0) is 86.0 Å². The van der Waals surface area contributed by atoms with E-state index in [-0.39, 0.29) is 28.6 Å². The molecule has 2 aromatic carbocycles. The second-order valence-corrected chi connectivity index (χ2v) is 11.3. The third kappa shape index (κ3) is 6.96. The molecule has 3 atom stereocenters. The number of carboxylic acids is 2. The van der Waals surface area contributed by atoms with Crippen molar-refractivity contribution in [1.29, 1.82) is 0 Å². The predicted molar refractivity (Wildman–Crippen MR) is 147 cm³/mol. The number of methoxy groups -OCH3 is 1. The monoisotopic (exact) mass is 581 g/mol. The summed E-state index contributed by atoms with van der Waals surface area (Å²) in [5, 5.41) is 18.5. The van der Waals surface area contributed by atoms with Gasteiger partial charge in [-0.3, -0.25) is 4.79 Å². The predicted octanol–water partition coefficient (Wildman–Crippen LogP) is 3.31. The molecule has 0 radical (unpaired) electrons. The van der Waals surface area contributed by atoms with Gasteiger partial charge in [0.25, 0.3) is 0 Å². The molecule has 4 bridgehead atoms. The minimum Gasteiger partial charge on any atom is -0.478 e. The van der Waals surface area contributed by atoms with Crippen molar-refractivity contribution in [2.24, 2.45) is 28.9 Å². The van der Waals surface area contributed by atoms with Gasteiger partial charge in [0.2, 0.25) is 12.2 Å². The van der Waals surface area contributed by atoms with E-state index in [9.17, 15) is 34.2 Å². The molecule has 11 heteroatoms. The highest BCUT2D eigenvalue weighted by atomic mass is 16.6. The van der Waals surface area contributed by atoms with Gasteiger partial charge in [-0.15, -0.1) is 0 Å². The van der Waals surface area contributed by atoms with Crippen molar-refractivity contribution in [2.45, 2.75) is 56.8 Å². The third-order valence-corrected chi connectivity index (χ3v) is 8.45. The molecule has 0 heterocycles. The summed E-state index contributed by atoms with van der Waals surface area (Å²) in [5.74, 6) is -3.34. The van der Waals surface area contributed by atoms with Gasteiger partial charge in [-0.1, -0.05) is 36.4 Å². The van der Waals surface area contributed by atoms with Gasteiger partial charge in [-0.25, -0.2) is 19.2 Å². The second kappa shape index (κ2) is 13.2. The molecule has 0 saturated heterocycles. The highest BCUT2D eigenvalue weighted by Crippen LogP contribution is 2.61. The molecule has 0 amide bonds. The number of esters is 3. The number of carboxylic acid groups (broad SMARTS) is 2. The zero-order valence-corrected chi connectivity index (χ0v) is 23.2. The number of rotatable bonds is 9. The Labute approximate surface area is 242 Å². The lowest BCUT2D eigenvalue weighted by Gasteiger charge is -2.58. The van der Waals surface area contributed by atoms with Gasteiger partial charge < -0.3 is 30.2 Å². The smallest absolute Gasteiger partial charge is 0.349 e. The maximum atomic E-state index is 12.0. The molecule has 4 aliphatic carbocycles. The summed E-state index contributed by atoms with van der Waals surface area (Å²) in [7, 11) is 1.45. The zero-order chi connectivity index (χ0) is 30.4. The Hall–Kier alpha value is -4.25. The van der Waals surface area contributed by atoms with Crippen molar-refractivity contribution in [3.63, 3.8) is 0 Å². The summed E-state index contributed by atoms with van der Waals surface area (Å²) in [4.78, 5) is 58.5. The lowest BCUT2D eigenvalue weighted by atomic mass is 9.48. The summed E-state index contributed by atoms with van der Waals surface area (Å²) in [6.07, 6.45) is 3.20. The number of nitrogens with two attached hydrogens (primary N) is 1. The first kappa shape index (κ1) is 30.7. The molecule has 6 rings (SSSR count). The molecule has 0 aliphatic heterocycles. The van der Waals surface area contributed by atoms with Crippen LogP contribution in [0, 0.1) is 23.2 Å². The van der Waals surface area contributed by atoms with Crippen molar-refractivity contribution >= 4 is 29.8 Å². The van der Waals surface area contributed by atoms with Crippen molar-refractivity contribution in [3.8, 4) is 0 Å². The van der Waals surface area contributed by atoms with E-state index >= 15 is 0 Å². The number of benzene rings is 2. The van der Waals surface area contributed by atoms with Crippen LogP contribution >= 0.6 is 0 Å². The molecule has 42 heavy (non-hydrogen) atoms. The van der Waals surface area contributed by atoms with Crippen molar-refractivity contribution in [1.82, 2.24) is 0 Å². The molecule has 0 spiro atoms. The Balaban J connectivity index is 0.000000214. The number of ether oxygens (including phenoxy) is 3. The van der Waals surface area contributed by atoms with Gasteiger partial charge in [0.1, 0.15) is 6.04 Å². The number of hydrogen-bond acceptors (Lipinski definition) is 9. The van der Waals surface area contributed by atoms with E-state index < -0.39 is 36.1 Å². The van der Waals surface area contributed by atoms with E-state index in [0.29, 0.717) is 0 Å². The van der Waals surface area contributed by atoms with Crippen LogP contribution < -0.4 is 5.73 Å². The molecule has 0 aromatic heterocycles. The maximum absolute atomic E-state index is 12.0. The fourth-order valence-corrected chi connectivity index (χ4v) is 6.93. The summed E-state index contributed by atoms with van der Waals surface area (Å²) in [5.41, 5.74) is 6.29. The van der Waals surface area contributed by atoms with Crippen LogP contribution in [0.3, 0.4) is 0 Å². The van der Waals surface area contributed by atoms with Crippen LogP contribution in [-0.4, -0.2) is 65.4 Å². The Kier molecular flexibility index (Phi) is 9.62. The largest absolute Gasteiger partial charge is 0.478 e. The molecule has 4 N–H and O–H groups in total. The van der Waals surface area contributed by atoms with E-state index in [1.54, 1.807) is 12.1 Å². The minimum atomic E-state index is -2.21. The fraction of sp³-hybridized carbons (Fsp3) is 0.452. The molecular formula is C31H35NO10. The van der Waals surface area contributed by atoms with Gasteiger partial charge in [-0.2, -0.15) is 0 Å². The summed E-state index contributed by atoms with van der Waals surface area (Å²) >= 11 is 0. The topological polar surface area (TPSA) is 180 Å².